The predicted molar refractivity (Wildman–Crippen MR) is 79.7 cm³/mol. The molecule has 4 nitrogen and oxygen atoms in total. The van der Waals surface area contributed by atoms with Crippen molar-refractivity contribution >= 4 is 5.91 Å². The number of hydrogen-bond donors (Lipinski definition) is 1. The SMILES string of the molecule is O=C(c1cccc(CN2CCNCC2)c1)N1CCCC1. The van der Waals surface area contributed by atoms with Crippen LogP contribution in [0.2, 0.25) is 0 Å². The van der Waals surface area contributed by atoms with E-state index in [1.165, 1.54) is 5.56 Å². The van der Waals surface area contributed by atoms with Gasteiger partial charge in [-0.15, -0.1) is 0 Å². The summed E-state index contributed by atoms with van der Waals surface area (Å²) >= 11 is 0. The summed E-state index contributed by atoms with van der Waals surface area (Å²) in [5, 5.41) is 3.36. The van der Waals surface area contributed by atoms with Gasteiger partial charge in [0.15, 0.2) is 0 Å². The normalized spacial score (nSPS) is 20.3. The number of hydrogen-bond acceptors (Lipinski definition) is 3. The second-order valence-corrected chi connectivity index (χ2v) is 5.73. The maximum Gasteiger partial charge on any atom is 0.253 e. The van der Waals surface area contributed by atoms with Crippen LogP contribution in [-0.4, -0.2) is 55.0 Å². The van der Waals surface area contributed by atoms with E-state index in [-0.39, 0.29) is 5.91 Å². The van der Waals surface area contributed by atoms with E-state index in [1.54, 1.807) is 0 Å². The van der Waals surface area contributed by atoms with Crippen molar-refractivity contribution < 1.29 is 4.79 Å². The zero-order valence-corrected chi connectivity index (χ0v) is 12.0. The number of carbonyl (C=O) groups is 1. The minimum absolute atomic E-state index is 0.199. The standard InChI is InChI=1S/C16H23N3O/c20-16(19-8-1-2-9-19)15-5-3-4-14(12-15)13-18-10-6-17-7-11-18/h3-5,12,17H,1-2,6-11,13H2. The van der Waals surface area contributed by atoms with Crippen molar-refractivity contribution in [2.24, 2.45) is 0 Å². The van der Waals surface area contributed by atoms with Crippen LogP contribution in [0.4, 0.5) is 0 Å². The molecule has 0 aliphatic carbocycles. The van der Waals surface area contributed by atoms with Crippen LogP contribution in [0.1, 0.15) is 28.8 Å². The molecule has 2 aliphatic rings. The van der Waals surface area contributed by atoms with Gasteiger partial charge in [-0.1, -0.05) is 12.1 Å². The van der Waals surface area contributed by atoms with Gasteiger partial charge in [0.1, 0.15) is 0 Å². The molecule has 0 spiro atoms. The van der Waals surface area contributed by atoms with Crippen LogP contribution >= 0.6 is 0 Å². The first-order valence-corrected chi connectivity index (χ1v) is 7.64. The first kappa shape index (κ1) is 13.6. The molecule has 1 aromatic rings. The lowest BCUT2D eigenvalue weighted by Crippen LogP contribution is -2.42. The van der Waals surface area contributed by atoms with Gasteiger partial charge in [-0.05, 0) is 30.5 Å². The van der Waals surface area contributed by atoms with Crippen LogP contribution in [0, 0.1) is 0 Å². The molecule has 0 atom stereocenters. The number of nitrogens with one attached hydrogen (secondary N) is 1. The third kappa shape index (κ3) is 3.19. The molecule has 1 amide bonds. The maximum atomic E-state index is 12.4. The number of nitrogens with zero attached hydrogens (tertiary/aromatic N) is 2. The van der Waals surface area contributed by atoms with Gasteiger partial charge in [0, 0.05) is 51.4 Å². The second kappa shape index (κ2) is 6.37. The molecule has 0 radical (unpaired) electrons. The van der Waals surface area contributed by atoms with E-state index in [0.717, 1.165) is 64.2 Å². The fraction of sp³-hybridized carbons (Fsp3) is 0.562. The van der Waals surface area contributed by atoms with Crippen LogP contribution in [0.25, 0.3) is 0 Å². The summed E-state index contributed by atoms with van der Waals surface area (Å²) in [6, 6.07) is 8.16. The molecule has 0 saturated carbocycles. The van der Waals surface area contributed by atoms with E-state index < -0.39 is 0 Å². The Hall–Kier alpha value is -1.39. The molecule has 1 aromatic carbocycles. The molecular weight excluding hydrogens is 250 g/mol. The first-order valence-electron chi connectivity index (χ1n) is 7.64. The summed E-state index contributed by atoms with van der Waals surface area (Å²) in [5.41, 5.74) is 2.09. The molecule has 2 aliphatic heterocycles. The Kier molecular flexibility index (Phi) is 4.33. The smallest absolute Gasteiger partial charge is 0.253 e. The summed E-state index contributed by atoms with van der Waals surface area (Å²) in [4.78, 5) is 16.8. The number of amides is 1. The van der Waals surface area contributed by atoms with Crippen molar-refractivity contribution in [1.29, 1.82) is 0 Å². The maximum absolute atomic E-state index is 12.4. The summed E-state index contributed by atoms with van der Waals surface area (Å²) in [5.74, 6) is 0.199. The molecule has 0 bridgehead atoms. The highest BCUT2D eigenvalue weighted by atomic mass is 16.2. The number of piperazine rings is 1. The molecule has 4 heteroatoms. The Morgan fingerprint density at radius 2 is 1.85 bits per heavy atom. The van der Waals surface area contributed by atoms with E-state index in [9.17, 15) is 4.79 Å². The van der Waals surface area contributed by atoms with Gasteiger partial charge in [-0.25, -0.2) is 0 Å². The molecular formula is C16H23N3O. The number of likely N-dealkylation sites (tertiary alicyclic amines) is 1. The van der Waals surface area contributed by atoms with E-state index in [2.05, 4.69) is 22.3 Å². The highest BCUT2D eigenvalue weighted by molar-refractivity contribution is 5.94. The van der Waals surface area contributed by atoms with E-state index in [1.807, 2.05) is 17.0 Å². The molecule has 1 N–H and O–H groups in total. The Morgan fingerprint density at radius 1 is 1.10 bits per heavy atom. The van der Waals surface area contributed by atoms with Crippen molar-refractivity contribution in [2.45, 2.75) is 19.4 Å². The van der Waals surface area contributed by atoms with Gasteiger partial charge >= 0.3 is 0 Å². The largest absolute Gasteiger partial charge is 0.339 e. The highest BCUT2D eigenvalue weighted by Gasteiger charge is 2.19. The Morgan fingerprint density at radius 3 is 2.60 bits per heavy atom. The fourth-order valence-corrected chi connectivity index (χ4v) is 3.03. The van der Waals surface area contributed by atoms with Crippen LogP contribution in [0.5, 0.6) is 0 Å². The van der Waals surface area contributed by atoms with Crippen molar-refractivity contribution in [3.05, 3.63) is 35.4 Å². The summed E-state index contributed by atoms with van der Waals surface area (Å²) < 4.78 is 0. The monoisotopic (exact) mass is 273 g/mol. The van der Waals surface area contributed by atoms with Crippen molar-refractivity contribution in [1.82, 2.24) is 15.1 Å². The van der Waals surface area contributed by atoms with E-state index in [4.69, 9.17) is 0 Å². The highest BCUT2D eigenvalue weighted by Crippen LogP contribution is 2.15. The predicted octanol–water partition coefficient (Wildman–Crippen LogP) is 1.33. The molecule has 20 heavy (non-hydrogen) atoms. The minimum Gasteiger partial charge on any atom is -0.339 e. The lowest BCUT2D eigenvalue weighted by Gasteiger charge is -2.27. The van der Waals surface area contributed by atoms with Crippen LogP contribution in [-0.2, 0) is 6.54 Å². The molecule has 3 rings (SSSR count). The first-order chi connectivity index (χ1) is 9.83. The van der Waals surface area contributed by atoms with Gasteiger partial charge in [-0.2, -0.15) is 0 Å². The Balaban J connectivity index is 1.67. The molecule has 2 fully saturated rings. The summed E-state index contributed by atoms with van der Waals surface area (Å²) in [7, 11) is 0. The van der Waals surface area contributed by atoms with Crippen LogP contribution in [0.3, 0.4) is 0 Å². The fourth-order valence-electron chi connectivity index (χ4n) is 3.03. The van der Waals surface area contributed by atoms with Crippen molar-refractivity contribution in [3.63, 3.8) is 0 Å². The number of rotatable bonds is 3. The van der Waals surface area contributed by atoms with Gasteiger partial charge in [0.2, 0.25) is 0 Å². The summed E-state index contributed by atoms with van der Waals surface area (Å²) in [6.45, 7) is 7.08. The summed E-state index contributed by atoms with van der Waals surface area (Å²) in [6.07, 6.45) is 2.29. The third-order valence-corrected chi connectivity index (χ3v) is 4.18. The van der Waals surface area contributed by atoms with Crippen LogP contribution in [0.15, 0.2) is 24.3 Å². The van der Waals surface area contributed by atoms with Crippen LogP contribution < -0.4 is 5.32 Å². The molecule has 2 heterocycles. The second-order valence-electron chi connectivity index (χ2n) is 5.73. The Bertz CT molecular complexity index is 463. The van der Waals surface area contributed by atoms with Crippen molar-refractivity contribution in [2.75, 3.05) is 39.3 Å². The minimum atomic E-state index is 0.199. The molecule has 108 valence electrons. The average molecular weight is 273 g/mol. The number of benzene rings is 1. The quantitative estimate of drug-likeness (QED) is 0.902. The zero-order chi connectivity index (χ0) is 13.8. The van der Waals surface area contributed by atoms with Gasteiger partial charge in [0.25, 0.3) is 5.91 Å². The third-order valence-electron chi connectivity index (χ3n) is 4.18. The zero-order valence-electron chi connectivity index (χ0n) is 12.0. The lowest BCUT2D eigenvalue weighted by molar-refractivity contribution is 0.0792. The topological polar surface area (TPSA) is 35.6 Å². The van der Waals surface area contributed by atoms with Crippen molar-refractivity contribution in [3.8, 4) is 0 Å². The van der Waals surface area contributed by atoms with E-state index >= 15 is 0 Å². The number of carbonyl (C=O) groups excluding carboxylic acids is 1. The average Bonchev–Trinajstić information content (AvgIpc) is 3.02. The van der Waals surface area contributed by atoms with Gasteiger partial charge < -0.3 is 10.2 Å². The Labute approximate surface area is 120 Å². The van der Waals surface area contributed by atoms with E-state index in [0.29, 0.717) is 0 Å². The molecule has 2 saturated heterocycles. The van der Waals surface area contributed by atoms with Gasteiger partial charge in [0.05, 0.1) is 0 Å². The lowest BCUT2D eigenvalue weighted by atomic mass is 10.1. The molecule has 0 aromatic heterocycles. The van der Waals surface area contributed by atoms with Gasteiger partial charge in [-0.3, -0.25) is 9.69 Å². The molecule has 0 unspecified atom stereocenters.